The molecule has 0 aliphatic heterocycles. The van der Waals surface area contributed by atoms with Crippen LogP contribution in [0.15, 0.2) is 24.8 Å². The van der Waals surface area contributed by atoms with Gasteiger partial charge in [0.05, 0.1) is 7.11 Å². The van der Waals surface area contributed by atoms with E-state index in [1.54, 1.807) is 31.9 Å². The van der Waals surface area contributed by atoms with E-state index in [4.69, 9.17) is 9.47 Å². The number of ether oxygens (including phenoxy) is 2. The molecule has 0 bridgehead atoms. The minimum atomic E-state index is -0.284. The number of aromatic nitrogens is 4. The van der Waals surface area contributed by atoms with E-state index in [-0.39, 0.29) is 12.0 Å². The Balaban J connectivity index is 2.37. The molecule has 6 heteroatoms. The number of hydrogen-bond donors (Lipinski definition) is 0. The van der Waals surface area contributed by atoms with Gasteiger partial charge in [0.25, 0.3) is 0 Å². The van der Waals surface area contributed by atoms with Gasteiger partial charge in [0.1, 0.15) is 17.5 Å². The molecule has 0 saturated heterocycles. The normalized spacial score (nSPS) is 13.6. The van der Waals surface area contributed by atoms with Crippen molar-refractivity contribution in [3.63, 3.8) is 0 Å². The van der Waals surface area contributed by atoms with Gasteiger partial charge in [0.15, 0.2) is 0 Å². The summed E-state index contributed by atoms with van der Waals surface area (Å²) in [6.07, 6.45) is 8.09. The first-order valence-electron chi connectivity index (χ1n) is 8.39. The quantitative estimate of drug-likeness (QED) is 0.730. The molecule has 0 amide bonds. The van der Waals surface area contributed by atoms with Crippen molar-refractivity contribution < 1.29 is 9.47 Å². The van der Waals surface area contributed by atoms with Crippen LogP contribution in [0.25, 0.3) is 0 Å². The highest BCUT2D eigenvalue weighted by Crippen LogP contribution is 2.33. The summed E-state index contributed by atoms with van der Waals surface area (Å²) in [6, 6.07) is 0. The van der Waals surface area contributed by atoms with E-state index in [2.05, 4.69) is 47.6 Å². The van der Waals surface area contributed by atoms with Crippen LogP contribution in [0.5, 0.6) is 11.8 Å². The van der Waals surface area contributed by atoms with E-state index in [0.29, 0.717) is 23.4 Å². The summed E-state index contributed by atoms with van der Waals surface area (Å²) >= 11 is 0. The largest absolute Gasteiger partial charge is 0.480 e. The lowest BCUT2D eigenvalue weighted by atomic mass is 10.0. The summed E-state index contributed by atoms with van der Waals surface area (Å²) in [4.78, 5) is 17.5. The predicted octanol–water partition coefficient (Wildman–Crippen LogP) is 3.95. The van der Waals surface area contributed by atoms with Crippen LogP contribution < -0.4 is 9.47 Å². The van der Waals surface area contributed by atoms with Crippen LogP contribution >= 0.6 is 0 Å². The fourth-order valence-corrected chi connectivity index (χ4v) is 2.45. The predicted molar refractivity (Wildman–Crippen MR) is 92.1 cm³/mol. The Morgan fingerprint density at radius 3 is 2.04 bits per heavy atom. The van der Waals surface area contributed by atoms with Gasteiger partial charge in [-0.05, 0) is 18.8 Å². The van der Waals surface area contributed by atoms with Crippen molar-refractivity contribution in [2.75, 3.05) is 7.11 Å². The zero-order valence-electron chi connectivity index (χ0n) is 15.1. The fraction of sp³-hybridized carbons (Fsp3) is 0.556. The summed E-state index contributed by atoms with van der Waals surface area (Å²) in [5, 5.41) is 0. The monoisotopic (exact) mass is 330 g/mol. The van der Waals surface area contributed by atoms with Crippen molar-refractivity contribution in [2.45, 2.75) is 52.6 Å². The van der Waals surface area contributed by atoms with E-state index in [1.807, 2.05) is 0 Å². The van der Waals surface area contributed by atoms with Crippen LogP contribution in [0, 0.1) is 5.92 Å². The first-order chi connectivity index (χ1) is 11.6. The molecule has 0 aliphatic carbocycles. The lowest BCUT2D eigenvalue weighted by molar-refractivity contribution is 0.157. The van der Waals surface area contributed by atoms with Crippen molar-refractivity contribution in [3.05, 3.63) is 36.2 Å². The van der Waals surface area contributed by atoms with Crippen LogP contribution in [0.1, 0.15) is 63.9 Å². The second-order valence-electron chi connectivity index (χ2n) is 6.24. The molecule has 6 nitrogen and oxygen atoms in total. The second kappa shape index (κ2) is 8.57. The van der Waals surface area contributed by atoms with Gasteiger partial charge in [-0.25, -0.2) is 9.97 Å². The Kier molecular flexibility index (Phi) is 6.46. The number of methoxy groups -OCH3 is 1. The molecular weight excluding hydrogens is 304 g/mol. The fourth-order valence-electron chi connectivity index (χ4n) is 2.45. The average Bonchev–Trinajstić information content (AvgIpc) is 2.60. The second-order valence-corrected chi connectivity index (χ2v) is 6.24. The Bertz CT molecular complexity index is 648. The van der Waals surface area contributed by atoms with Crippen molar-refractivity contribution in [2.24, 2.45) is 5.92 Å². The standard InChI is InChI=1S/C18H26N4O2/c1-6-13(4)15-18(22-10-7-19-15)24-14(11-12(2)3)16-17(23-5)21-9-8-20-16/h7-10,12-14H,6,11H2,1-5H3. The van der Waals surface area contributed by atoms with Crippen LogP contribution in [0.4, 0.5) is 0 Å². The molecule has 2 unspecified atom stereocenters. The lowest BCUT2D eigenvalue weighted by Crippen LogP contribution is -2.16. The molecule has 24 heavy (non-hydrogen) atoms. The third-order valence-electron chi connectivity index (χ3n) is 3.90. The summed E-state index contributed by atoms with van der Waals surface area (Å²) < 4.78 is 11.6. The van der Waals surface area contributed by atoms with Gasteiger partial charge in [0, 0.05) is 30.7 Å². The van der Waals surface area contributed by atoms with Gasteiger partial charge in [0.2, 0.25) is 11.8 Å². The molecule has 2 atom stereocenters. The Hall–Kier alpha value is -2.24. The topological polar surface area (TPSA) is 70.0 Å². The van der Waals surface area contributed by atoms with Crippen molar-refractivity contribution in [1.82, 2.24) is 19.9 Å². The van der Waals surface area contributed by atoms with Gasteiger partial charge in [-0.2, -0.15) is 0 Å². The SMILES string of the molecule is CCC(C)c1nccnc1OC(CC(C)C)c1nccnc1OC. The third-order valence-corrected chi connectivity index (χ3v) is 3.90. The van der Waals surface area contributed by atoms with E-state index in [9.17, 15) is 0 Å². The molecule has 0 saturated carbocycles. The van der Waals surface area contributed by atoms with Gasteiger partial charge in [-0.1, -0.05) is 27.7 Å². The van der Waals surface area contributed by atoms with Crippen molar-refractivity contribution in [1.29, 1.82) is 0 Å². The highest BCUT2D eigenvalue weighted by Gasteiger charge is 2.24. The molecule has 0 fully saturated rings. The molecule has 2 heterocycles. The Morgan fingerprint density at radius 2 is 1.46 bits per heavy atom. The molecule has 0 radical (unpaired) electrons. The van der Waals surface area contributed by atoms with Gasteiger partial charge >= 0.3 is 0 Å². The summed E-state index contributed by atoms with van der Waals surface area (Å²) in [5.74, 6) is 1.74. The first kappa shape index (κ1) is 18.1. The van der Waals surface area contributed by atoms with E-state index in [0.717, 1.165) is 18.5 Å². The third kappa shape index (κ3) is 4.40. The van der Waals surface area contributed by atoms with Gasteiger partial charge in [-0.15, -0.1) is 0 Å². The number of nitrogens with zero attached hydrogens (tertiary/aromatic N) is 4. The zero-order chi connectivity index (χ0) is 17.5. The molecule has 130 valence electrons. The summed E-state index contributed by atoms with van der Waals surface area (Å²) in [6.45, 7) is 8.54. The molecule has 0 spiro atoms. The highest BCUT2D eigenvalue weighted by atomic mass is 16.5. The Morgan fingerprint density at radius 1 is 0.875 bits per heavy atom. The maximum absolute atomic E-state index is 6.25. The minimum absolute atomic E-state index is 0.275. The van der Waals surface area contributed by atoms with Crippen molar-refractivity contribution in [3.8, 4) is 11.8 Å². The average molecular weight is 330 g/mol. The minimum Gasteiger partial charge on any atom is -0.480 e. The smallest absolute Gasteiger partial charge is 0.239 e. The van der Waals surface area contributed by atoms with Crippen LogP contribution in [0.3, 0.4) is 0 Å². The molecule has 2 aromatic rings. The van der Waals surface area contributed by atoms with E-state index in [1.165, 1.54) is 0 Å². The molecule has 0 N–H and O–H groups in total. The molecule has 0 aromatic carbocycles. The highest BCUT2D eigenvalue weighted by molar-refractivity contribution is 5.25. The maximum atomic E-state index is 6.25. The summed E-state index contributed by atoms with van der Waals surface area (Å²) in [7, 11) is 1.59. The number of hydrogen-bond acceptors (Lipinski definition) is 6. The molecule has 0 aliphatic rings. The summed E-state index contributed by atoms with van der Waals surface area (Å²) in [5.41, 5.74) is 1.56. The molecule has 2 rings (SSSR count). The Labute approximate surface area is 143 Å². The van der Waals surface area contributed by atoms with E-state index < -0.39 is 0 Å². The van der Waals surface area contributed by atoms with Gasteiger partial charge in [-0.3, -0.25) is 9.97 Å². The van der Waals surface area contributed by atoms with Crippen molar-refractivity contribution >= 4 is 0 Å². The zero-order valence-corrected chi connectivity index (χ0v) is 15.1. The van der Waals surface area contributed by atoms with Crippen LogP contribution in [-0.2, 0) is 0 Å². The molecular formula is C18H26N4O2. The lowest BCUT2D eigenvalue weighted by Gasteiger charge is -2.22. The first-order valence-corrected chi connectivity index (χ1v) is 8.39. The van der Waals surface area contributed by atoms with Crippen LogP contribution in [0.2, 0.25) is 0 Å². The van der Waals surface area contributed by atoms with E-state index >= 15 is 0 Å². The van der Waals surface area contributed by atoms with Gasteiger partial charge < -0.3 is 9.47 Å². The number of rotatable bonds is 8. The van der Waals surface area contributed by atoms with Crippen LogP contribution in [-0.4, -0.2) is 27.0 Å². The molecule has 2 aromatic heterocycles. The maximum Gasteiger partial charge on any atom is 0.239 e.